The zero-order valence-electron chi connectivity index (χ0n) is 19.7. The van der Waals surface area contributed by atoms with E-state index < -0.39 is 34.5 Å². The van der Waals surface area contributed by atoms with Crippen LogP contribution in [0.4, 0.5) is 27.9 Å². The molecule has 0 aliphatic carbocycles. The molecule has 1 saturated heterocycles. The molecule has 3 aromatic heterocycles. The number of pyridine rings is 1. The van der Waals surface area contributed by atoms with Gasteiger partial charge in [-0.3, -0.25) is 4.98 Å². The number of piperidine rings is 1. The highest BCUT2D eigenvalue weighted by molar-refractivity contribution is 5.91. The average Bonchev–Trinajstić information content (AvgIpc) is 3.18. The lowest BCUT2D eigenvalue weighted by atomic mass is 9.98. The summed E-state index contributed by atoms with van der Waals surface area (Å²) in [6, 6.07) is 6.36. The fourth-order valence-corrected chi connectivity index (χ4v) is 4.75. The van der Waals surface area contributed by atoms with Crippen LogP contribution < -0.4 is 4.90 Å². The molecule has 1 unspecified atom stereocenters. The second-order valence-corrected chi connectivity index (χ2v) is 8.97. The Hall–Kier alpha value is -3.63. The van der Waals surface area contributed by atoms with Crippen molar-refractivity contribution in [1.82, 2.24) is 24.7 Å². The van der Waals surface area contributed by atoms with Crippen molar-refractivity contribution in [2.75, 3.05) is 11.4 Å². The van der Waals surface area contributed by atoms with Crippen molar-refractivity contribution in [3.63, 3.8) is 0 Å². The number of aryl methyl sites for hydroxylation is 1. The van der Waals surface area contributed by atoms with Crippen LogP contribution in [-0.4, -0.2) is 37.3 Å². The van der Waals surface area contributed by atoms with Crippen LogP contribution in [-0.2, 0) is 19.6 Å². The molecule has 1 aliphatic heterocycles. The van der Waals surface area contributed by atoms with Gasteiger partial charge in [0.2, 0.25) is 5.95 Å². The van der Waals surface area contributed by atoms with Crippen molar-refractivity contribution in [2.45, 2.75) is 44.8 Å². The van der Waals surface area contributed by atoms with Gasteiger partial charge in [-0.1, -0.05) is 6.07 Å². The number of hydrogen-bond acceptors (Lipinski definition) is 5. The highest BCUT2D eigenvalue weighted by atomic mass is 19.4. The molecule has 0 radical (unpaired) electrons. The first kappa shape index (κ1) is 24.1. The van der Waals surface area contributed by atoms with Gasteiger partial charge < -0.3 is 4.90 Å². The summed E-state index contributed by atoms with van der Waals surface area (Å²) in [6.45, 7) is 1.72. The van der Waals surface area contributed by atoms with E-state index in [9.17, 15) is 22.0 Å². The molecule has 4 heterocycles. The van der Waals surface area contributed by atoms with E-state index in [0.29, 0.717) is 17.7 Å². The van der Waals surface area contributed by atoms with E-state index in [1.54, 1.807) is 13.2 Å². The second kappa shape index (κ2) is 9.11. The van der Waals surface area contributed by atoms with E-state index in [1.165, 1.54) is 10.9 Å². The van der Waals surface area contributed by atoms with E-state index in [2.05, 4.69) is 25.0 Å². The highest BCUT2D eigenvalue weighted by Crippen LogP contribution is 2.39. The van der Waals surface area contributed by atoms with E-state index in [-0.39, 0.29) is 17.1 Å². The quantitative estimate of drug-likeness (QED) is 0.339. The van der Waals surface area contributed by atoms with Gasteiger partial charge in [0.25, 0.3) is 0 Å². The SMILES string of the molecule is Cc1c(F)c(-c2nn(C)c3nc(N4CCCCC4Cc4ccccn4)ncc23)cc(C(F)(F)F)c1F. The molecule has 11 heteroatoms. The lowest BCUT2D eigenvalue weighted by molar-refractivity contribution is -0.140. The first-order chi connectivity index (χ1) is 17.1. The number of alkyl halides is 3. The summed E-state index contributed by atoms with van der Waals surface area (Å²) >= 11 is 0. The summed E-state index contributed by atoms with van der Waals surface area (Å²) in [4.78, 5) is 15.7. The minimum absolute atomic E-state index is 0.0752. The number of fused-ring (bicyclic) bond motifs is 1. The van der Waals surface area contributed by atoms with E-state index in [0.717, 1.165) is 44.8 Å². The first-order valence-corrected chi connectivity index (χ1v) is 11.6. The minimum Gasteiger partial charge on any atom is -0.337 e. The third-order valence-corrected chi connectivity index (χ3v) is 6.60. The Balaban J connectivity index is 1.56. The van der Waals surface area contributed by atoms with Gasteiger partial charge >= 0.3 is 6.18 Å². The summed E-state index contributed by atoms with van der Waals surface area (Å²) in [5, 5.41) is 4.52. The molecule has 36 heavy (non-hydrogen) atoms. The number of halogens is 5. The van der Waals surface area contributed by atoms with Gasteiger partial charge in [0.1, 0.15) is 17.3 Å². The second-order valence-electron chi connectivity index (χ2n) is 8.97. The largest absolute Gasteiger partial charge is 0.419 e. The zero-order chi connectivity index (χ0) is 25.6. The van der Waals surface area contributed by atoms with Crippen LogP contribution in [0.2, 0.25) is 0 Å². The number of aromatic nitrogens is 5. The van der Waals surface area contributed by atoms with Gasteiger partial charge in [0, 0.05) is 55.3 Å². The monoisotopic (exact) mass is 502 g/mol. The lowest BCUT2D eigenvalue weighted by Crippen LogP contribution is -2.42. The number of benzene rings is 1. The van der Waals surface area contributed by atoms with Crippen LogP contribution in [0.5, 0.6) is 0 Å². The maximum absolute atomic E-state index is 15.0. The van der Waals surface area contributed by atoms with E-state index >= 15 is 0 Å². The molecular weight excluding hydrogens is 479 g/mol. The zero-order valence-corrected chi connectivity index (χ0v) is 19.7. The Morgan fingerprint density at radius 2 is 1.89 bits per heavy atom. The van der Waals surface area contributed by atoms with Gasteiger partial charge in [-0.05, 0) is 44.4 Å². The fourth-order valence-electron chi connectivity index (χ4n) is 4.75. The Labute approximate surface area is 203 Å². The highest BCUT2D eigenvalue weighted by Gasteiger charge is 2.37. The summed E-state index contributed by atoms with van der Waals surface area (Å²) in [6.07, 6.45) is 1.91. The molecule has 0 spiro atoms. The fraction of sp³-hybridized carbons (Fsp3) is 0.360. The van der Waals surface area contributed by atoms with Crippen molar-refractivity contribution in [1.29, 1.82) is 0 Å². The molecule has 4 aromatic rings. The summed E-state index contributed by atoms with van der Waals surface area (Å²) in [5.74, 6) is -2.27. The topological polar surface area (TPSA) is 59.7 Å². The maximum atomic E-state index is 15.0. The smallest absolute Gasteiger partial charge is 0.337 e. The van der Waals surface area contributed by atoms with Crippen molar-refractivity contribution in [2.24, 2.45) is 7.05 Å². The van der Waals surface area contributed by atoms with Crippen LogP contribution in [0.15, 0.2) is 36.7 Å². The predicted octanol–water partition coefficient (Wildman–Crippen LogP) is 5.63. The van der Waals surface area contributed by atoms with Gasteiger partial charge in [0.05, 0.1) is 10.9 Å². The molecule has 6 nitrogen and oxygen atoms in total. The van der Waals surface area contributed by atoms with Crippen LogP contribution >= 0.6 is 0 Å². The minimum atomic E-state index is -4.98. The number of nitrogens with zero attached hydrogens (tertiary/aromatic N) is 6. The maximum Gasteiger partial charge on any atom is 0.419 e. The van der Waals surface area contributed by atoms with Gasteiger partial charge in [-0.15, -0.1) is 0 Å². The molecule has 5 rings (SSSR count). The molecule has 188 valence electrons. The van der Waals surface area contributed by atoms with Crippen molar-refractivity contribution in [3.8, 4) is 11.3 Å². The van der Waals surface area contributed by atoms with E-state index in [4.69, 9.17) is 0 Å². The Morgan fingerprint density at radius 3 is 2.61 bits per heavy atom. The average molecular weight is 502 g/mol. The third kappa shape index (κ3) is 4.27. The third-order valence-electron chi connectivity index (χ3n) is 6.60. The van der Waals surface area contributed by atoms with Gasteiger partial charge in [-0.25, -0.2) is 18.4 Å². The molecule has 1 aliphatic rings. The Bertz CT molecular complexity index is 1420. The number of rotatable bonds is 4. The van der Waals surface area contributed by atoms with Gasteiger partial charge in [-0.2, -0.15) is 23.3 Å². The standard InChI is InChI=1S/C25H23F5N6/c1-14-20(26)17(12-19(21(14)27)25(28,29)30)22-18-13-32-24(33-23(18)35(2)34-22)36-10-6-4-8-16(36)11-15-7-3-5-9-31-15/h3,5,7,9,12-13,16H,4,6,8,10-11H2,1-2H3. The number of anilines is 1. The molecule has 0 saturated carbocycles. The predicted molar refractivity (Wildman–Crippen MR) is 124 cm³/mol. The van der Waals surface area contributed by atoms with Crippen molar-refractivity contribution in [3.05, 3.63) is 65.1 Å². The summed E-state index contributed by atoms with van der Waals surface area (Å²) < 4.78 is 70.8. The Kier molecular flexibility index (Phi) is 6.09. The van der Waals surface area contributed by atoms with Crippen LogP contribution in [0.25, 0.3) is 22.3 Å². The first-order valence-electron chi connectivity index (χ1n) is 11.6. The van der Waals surface area contributed by atoms with Crippen molar-refractivity contribution < 1.29 is 22.0 Å². The van der Waals surface area contributed by atoms with E-state index in [1.807, 2.05) is 18.2 Å². The van der Waals surface area contributed by atoms with Gasteiger partial charge in [0.15, 0.2) is 5.65 Å². The summed E-state index contributed by atoms with van der Waals surface area (Å²) in [7, 11) is 1.57. The summed E-state index contributed by atoms with van der Waals surface area (Å²) in [5.41, 5.74) is -1.49. The molecular formula is C25H23F5N6. The normalized spacial score (nSPS) is 16.6. The molecule has 1 atom stereocenters. The Morgan fingerprint density at radius 1 is 1.08 bits per heavy atom. The molecule has 0 amide bonds. The molecule has 1 fully saturated rings. The van der Waals surface area contributed by atoms with Crippen LogP contribution in [0, 0.1) is 18.6 Å². The number of hydrogen-bond donors (Lipinski definition) is 0. The molecule has 0 N–H and O–H groups in total. The molecule has 0 bridgehead atoms. The van der Waals surface area contributed by atoms with Crippen molar-refractivity contribution >= 4 is 17.0 Å². The molecule has 1 aromatic carbocycles. The van der Waals surface area contributed by atoms with Crippen LogP contribution in [0.1, 0.15) is 36.1 Å². The van der Waals surface area contributed by atoms with Crippen LogP contribution in [0.3, 0.4) is 0 Å². The lowest BCUT2D eigenvalue weighted by Gasteiger charge is -2.35.